The van der Waals surface area contributed by atoms with Crippen molar-refractivity contribution in [3.05, 3.63) is 16.4 Å². The summed E-state index contributed by atoms with van der Waals surface area (Å²) in [7, 11) is 0. The van der Waals surface area contributed by atoms with Gasteiger partial charge >= 0.3 is 0 Å². The summed E-state index contributed by atoms with van der Waals surface area (Å²) < 4.78 is 1.96. The van der Waals surface area contributed by atoms with Crippen LogP contribution >= 0.6 is 11.6 Å². The molecule has 0 amide bonds. The maximum Gasteiger partial charge on any atom is 0.0847 e. The molecule has 0 spiro atoms. The fourth-order valence-electron chi connectivity index (χ4n) is 1.89. The summed E-state index contributed by atoms with van der Waals surface area (Å²) in [6.45, 7) is 6.99. The van der Waals surface area contributed by atoms with Gasteiger partial charge in [-0.1, -0.05) is 24.9 Å². The van der Waals surface area contributed by atoms with Gasteiger partial charge in [0.25, 0.3) is 0 Å². The molecular weight excluding hydrogens is 224 g/mol. The van der Waals surface area contributed by atoms with Crippen molar-refractivity contribution in [1.29, 1.82) is 0 Å². The number of hydrazine groups is 1. The normalized spacial score (nSPS) is 13.1. The van der Waals surface area contributed by atoms with Gasteiger partial charge in [0.15, 0.2) is 0 Å². The summed E-state index contributed by atoms with van der Waals surface area (Å²) in [5.41, 5.74) is 4.82. The second kappa shape index (κ2) is 6.23. The van der Waals surface area contributed by atoms with E-state index in [1.165, 1.54) is 0 Å². The highest BCUT2D eigenvalue weighted by Crippen LogP contribution is 2.22. The molecular formula is C11H21ClN4. The van der Waals surface area contributed by atoms with Gasteiger partial charge in [-0.05, 0) is 20.3 Å². The molecule has 0 bridgehead atoms. The Kier molecular flexibility index (Phi) is 5.25. The zero-order valence-electron chi connectivity index (χ0n) is 10.3. The lowest BCUT2D eigenvalue weighted by molar-refractivity contribution is 0.467. The molecule has 16 heavy (non-hydrogen) atoms. The molecule has 4 nitrogen and oxygen atoms in total. The first-order valence-electron chi connectivity index (χ1n) is 5.81. The molecule has 1 aromatic rings. The number of aryl methyl sites for hydroxylation is 2. The fourth-order valence-corrected chi connectivity index (χ4v) is 2.10. The fraction of sp³-hybridized carbons (Fsp3) is 0.727. The lowest BCUT2D eigenvalue weighted by Gasteiger charge is -2.15. The third-order valence-electron chi connectivity index (χ3n) is 2.77. The van der Waals surface area contributed by atoms with Crippen molar-refractivity contribution in [1.82, 2.24) is 15.2 Å². The molecule has 92 valence electrons. The summed E-state index contributed by atoms with van der Waals surface area (Å²) in [6.07, 6.45) is 2.98. The molecule has 1 heterocycles. The van der Waals surface area contributed by atoms with Crippen molar-refractivity contribution in [2.75, 3.05) is 0 Å². The van der Waals surface area contributed by atoms with Crippen LogP contribution in [0.25, 0.3) is 0 Å². The van der Waals surface area contributed by atoms with Crippen LogP contribution in [0.1, 0.15) is 38.1 Å². The molecule has 0 saturated heterocycles. The Hall–Kier alpha value is -0.580. The van der Waals surface area contributed by atoms with Crippen LogP contribution in [0.15, 0.2) is 0 Å². The van der Waals surface area contributed by atoms with Crippen LogP contribution in [-0.4, -0.2) is 15.8 Å². The highest BCUT2D eigenvalue weighted by Gasteiger charge is 2.16. The number of hydrogen-bond acceptors (Lipinski definition) is 3. The van der Waals surface area contributed by atoms with E-state index in [0.717, 1.165) is 42.2 Å². The third-order valence-corrected chi connectivity index (χ3v) is 3.26. The number of nitrogens with zero attached hydrogens (tertiary/aromatic N) is 2. The number of nitrogens with one attached hydrogen (secondary N) is 1. The van der Waals surface area contributed by atoms with Crippen LogP contribution in [0.3, 0.4) is 0 Å². The lowest BCUT2D eigenvalue weighted by Crippen LogP contribution is -2.37. The van der Waals surface area contributed by atoms with Crippen molar-refractivity contribution in [3.8, 4) is 0 Å². The molecule has 0 fully saturated rings. The molecule has 1 rings (SSSR count). The molecule has 0 aromatic carbocycles. The number of aromatic nitrogens is 2. The van der Waals surface area contributed by atoms with Crippen molar-refractivity contribution in [2.45, 2.75) is 52.6 Å². The highest BCUT2D eigenvalue weighted by molar-refractivity contribution is 6.31. The Morgan fingerprint density at radius 1 is 1.50 bits per heavy atom. The Morgan fingerprint density at radius 3 is 2.69 bits per heavy atom. The molecule has 3 N–H and O–H groups in total. The molecule has 0 radical (unpaired) electrons. The second-order valence-corrected chi connectivity index (χ2v) is 4.40. The van der Waals surface area contributed by atoms with E-state index in [9.17, 15) is 0 Å². The molecule has 0 aliphatic rings. The van der Waals surface area contributed by atoms with E-state index in [4.69, 9.17) is 17.4 Å². The first-order valence-corrected chi connectivity index (χ1v) is 6.19. The molecule has 0 saturated carbocycles. The average molecular weight is 245 g/mol. The van der Waals surface area contributed by atoms with Crippen molar-refractivity contribution >= 4 is 11.6 Å². The average Bonchev–Trinajstić information content (AvgIpc) is 2.55. The van der Waals surface area contributed by atoms with Crippen LogP contribution < -0.4 is 11.3 Å². The standard InChI is InChI=1S/C11H21ClN4/c1-4-6-9(14-13)7-10-11(12)8(3)15-16(10)5-2/h9,14H,4-7,13H2,1-3H3. The monoisotopic (exact) mass is 244 g/mol. The zero-order valence-corrected chi connectivity index (χ0v) is 11.0. The Bertz CT molecular complexity index is 335. The van der Waals surface area contributed by atoms with E-state index < -0.39 is 0 Å². The van der Waals surface area contributed by atoms with Crippen molar-refractivity contribution in [3.63, 3.8) is 0 Å². The predicted octanol–water partition coefficient (Wildman–Crippen LogP) is 2.04. The predicted molar refractivity (Wildman–Crippen MR) is 67.4 cm³/mol. The smallest absolute Gasteiger partial charge is 0.0847 e. The Morgan fingerprint density at radius 2 is 2.19 bits per heavy atom. The lowest BCUT2D eigenvalue weighted by atomic mass is 10.1. The molecule has 1 atom stereocenters. The van der Waals surface area contributed by atoms with Crippen LogP contribution in [0.2, 0.25) is 5.02 Å². The van der Waals surface area contributed by atoms with Crippen molar-refractivity contribution < 1.29 is 0 Å². The Balaban J connectivity index is 2.85. The van der Waals surface area contributed by atoms with E-state index in [1.54, 1.807) is 0 Å². The molecule has 0 aliphatic heterocycles. The van der Waals surface area contributed by atoms with E-state index in [-0.39, 0.29) is 6.04 Å². The van der Waals surface area contributed by atoms with Crippen LogP contribution in [0.4, 0.5) is 0 Å². The minimum Gasteiger partial charge on any atom is -0.271 e. The van der Waals surface area contributed by atoms with Gasteiger partial charge < -0.3 is 0 Å². The van der Waals surface area contributed by atoms with E-state index >= 15 is 0 Å². The molecule has 0 aliphatic carbocycles. The number of halogens is 1. The van der Waals surface area contributed by atoms with Gasteiger partial charge in [-0.15, -0.1) is 0 Å². The van der Waals surface area contributed by atoms with Gasteiger partial charge in [-0.3, -0.25) is 16.0 Å². The topological polar surface area (TPSA) is 55.9 Å². The second-order valence-electron chi connectivity index (χ2n) is 4.02. The summed E-state index contributed by atoms with van der Waals surface area (Å²) in [5.74, 6) is 5.53. The highest BCUT2D eigenvalue weighted by atomic mass is 35.5. The minimum atomic E-state index is 0.267. The third kappa shape index (κ3) is 2.97. The van der Waals surface area contributed by atoms with E-state index in [0.29, 0.717) is 0 Å². The van der Waals surface area contributed by atoms with E-state index in [1.807, 2.05) is 11.6 Å². The largest absolute Gasteiger partial charge is 0.271 e. The quantitative estimate of drug-likeness (QED) is 0.595. The van der Waals surface area contributed by atoms with Gasteiger partial charge in [0.1, 0.15) is 0 Å². The molecule has 1 aromatic heterocycles. The van der Waals surface area contributed by atoms with Crippen LogP contribution in [0.5, 0.6) is 0 Å². The van der Waals surface area contributed by atoms with Gasteiger partial charge in [0.05, 0.1) is 16.4 Å². The van der Waals surface area contributed by atoms with Gasteiger partial charge in [0.2, 0.25) is 0 Å². The summed E-state index contributed by atoms with van der Waals surface area (Å²) in [5, 5.41) is 5.17. The molecule has 5 heteroatoms. The van der Waals surface area contributed by atoms with Gasteiger partial charge in [-0.2, -0.15) is 5.10 Å². The van der Waals surface area contributed by atoms with Crippen LogP contribution in [-0.2, 0) is 13.0 Å². The summed E-state index contributed by atoms with van der Waals surface area (Å²) in [4.78, 5) is 0. The van der Waals surface area contributed by atoms with Gasteiger partial charge in [0, 0.05) is 19.0 Å². The number of nitrogens with two attached hydrogens (primary N) is 1. The number of hydrogen-bond donors (Lipinski definition) is 2. The summed E-state index contributed by atoms with van der Waals surface area (Å²) in [6, 6.07) is 0.267. The first-order chi connectivity index (χ1) is 7.63. The first kappa shape index (κ1) is 13.5. The van der Waals surface area contributed by atoms with E-state index in [2.05, 4.69) is 24.4 Å². The summed E-state index contributed by atoms with van der Waals surface area (Å²) >= 11 is 6.24. The molecule has 1 unspecified atom stereocenters. The SMILES string of the molecule is CCCC(Cc1c(Cl)c(C)nn1CC)NN. The Labute approximate surface area is 102 Å². The maximum absolute atomic E-state index is 6.24. The minimum absolute atomic E-state index is 0.267. The zero-order chi connectivity index (χ0) is 12.1. The number of rotatable bonds is 6. The van der Waals surface area contributed by atoms with Crippen molar-refractivity contribution in [2.24, 2.45) is 5.84 Å². The maximum atomic E-state index is 6.24. The van der Waals surface area contributed by atoms with Gasteiger partial charge in [-0.25, -0.2) is 0 Å². The van der Waals surface area contributed by atoms with Crippen LogP contribution in [0, 0.1) is 6.92 Å².